The molecule has 0 bridgehead atoms. The fourth-order valence-electron chi connectivity index (χ4n) is 10.4. The van der Waals surface area contributed by atoms with E-state index >= 15 is 0 Å². The fraction of sp³-hybridized carbons (Fsp3) is 0.0333. The van der Waals surface area contributed by atoms with Crippen molar-refractivity contribution in [1.82, 2.24) is 0 Å². The standard InChI is InChI=1S/C60H44N2Si/c1-63(2)58-31-17-29-52-54-40-57(62(46-24-10-5-11-25-46)56-30-16-19-42-18-12-13-26-48(42)56)50-28-15-14-27-49(50)53(54)39-55(60(52)58)51-37-34-43(38-59(51)63)41-32-35-47(36-33-41)61(44-20-6-3-7-21-44)45-22-8-4-9-23-45/h3-40H,1-2H3. The largest absolute Gasteiger partial charge is 0.311 e. The second-order valence-corrected chi connectivity index (χ2v) is 21.6. The zero-order valence-corrected chi connectivity index (χ0v) is 36.3. The highest BCUT2D eigenvalue weighted by molar-refractivity contribution is 7.03. The van der Waals surface area contributed by atoms with Crippen molar-refractivity contribution in [2.75, 3.05) is 9.80 Å². The van der Waals surface area contributed by atoms with Crippen molar-refractivity contribution in [2.45, 2.75) is 13.1 Å². The number of hydrogen-bond acceptors (Lipinski definition) is 2. The van der Waals surface area contributed by atoms with E-state index in [0.29, 0.717) is 0 Å². The predicted molar refractivity (Wildman–Crippen MR) is 273 cm³/mol. The Balaban J connectivity index is 1.03. The maximum Gasteiger partial charge on any atom is 0.113 e. The van der Waals surface area contributed by atoms with Crippen LogP contribution in [0.4, 0.5) is 34.1 Å². The molecule has 1 heterocycles. The molecule has 0 N–H and O–H groups in total. The predicted octanol–water partition coefficient (Wildman–Crippen LogP) is 15.7. The zero-order chi connectivity index (χ0) is 42.1. The number of fused-ring (bicyclic) bond motifs is 7. The Morgan fingerprint density at radius 1 is 0.302 bits per heavy atom. The van der Waals surface area contributed by atoms with E-state index in [2.05, 4.69) is 253 Å². The molecular weight excluding hydrogens is 777 g/mol. The topological polar surface area (TPSA) is 6.48 Å². The van der Waals surface area contributed by atoms with Crippen LogP contribution in [0.25, 0.3) is 65.3 Å². The van der Waals surface area contributed by atoms with Gasteiger partial charge in [-0.3, -0.25) is 0 Å². The zero-order valence-electron chi connectivity index (χ0n) is 35.3. The SMILES string of the molecule is C[Si]1(C)c2cc(-c3ccc(N(c4ccccc4)c4ccccc4)cc3)ccc2-c2cc3c4ccccc4c(N(c4ccccc4)c4cccc5ccccc45)cc3c3cccc1c23. The third kappa shape index (κ3) is 6.00. The van der Waals surface area contributed by atoms with Crippen LogP contribution in [0.3, 0.4) is 0 Å². The molecular formula is C60H44N2Si. The number of hydrogen-bond donors (Lipinski definition) is 0. The number of nitrogens with zero attached hydrogens (tertiary/aromatic N) is 2. The van der Waals surface area contributed by atoms with E-state index in [1.807, 2.05) is 0 Å². The Hall–Kier alpha value is -7.72. The minimum Gasteiger partial charge on any atom is -0.311 e. The Morgan fingerprint density at radius 3 is 1.52 bits per heavy atom. The van der Waals surface area contributed by atoms with E-state index in [-0.39, 0.29) is 0 Å². The summed E-state index contributed by atoms with van der Waals surface area (Å²) in [4.78, 5) is 4.80. The molecule has 3 heteroatoms. The monoisotopic (exact) mass is 820 g/mol. The van der Waals surface area contributed by atoms with Gasteiger partial charge in [-0.05, 0) is 132 Å². The number of rotatable bonds is 7. The molecule has 1 aliphatic rings. The minimum atomic E-state index is -2.17. The Kier molecular flexibility index (Phi) is 8.67. The van der Waals surface area contributed by atoms with Gasteiger partial charge in [-0.15, -0.1) is 0 Å². The van der Waals surface area contributed by atoms with E-state index in [1.54, 1.807) is 0 Å². The van der Waals surface area contributed by atoms with Crippen molar-refractivity contribution in [1.29, 1.82) is 0 Å². The number of para-hydroxylation sites is 3. The number of benzene rings is 11. The van der Waals surface area contributed by atoms with Crippen LogP contribution in [0, 0.1) is 0 Å². The molecule has 1 aliphatic heterocycles. The van der Waals surface area contributed by atoms with Crippen molar-refractivity contribution in [2.24, 2.45) is 0 Å². The lowest BCUT2D eigenvalue weighted by atomic mass is 9.89. The lowest BCUT2D eigenvalue weighted by molar-refractivity contribution is 1.28. The molecule has 0 spiro atoms. The highest BCUT2D eigenvalue weighted by atomic mass is 28.3. The van der Waals surface area contributed by atoms with Crippen LogP contribution in [0.1, 0.15) is 0 Å². The summed E-state index contributed by atoms with van der Waals surface area (Å²) >= 11 is 0. The molecule has 0 saturated carbocycles. The summed E-state index contributed by atoms with van der Waals surface area (Å²) < 4.78 is 0. The van der Waals surface area contributed by atoms with Crippen molar-refractivity contribution >= 4 is 95.7 Å². The van der Waals surface area contributed by atoms with Crippen molar-refractivity contribution in [3.8, 4) is 22.3 Å². The molecule has 0 unspecified atom stereocenters. The third-order valence-electron chi connectivity index (χ3n) is 13.4. The second kappa shape index (κ2) is 14.7. The highest BCUT2D eigenvalue weighted by Crippen LogP contribution is 2.47. The molecule has 63 heavy (non-hydrogen) atoms. The van der Waals surface area contributed by atoms with Gasteiger partial charge in [0, 0.05) is 33.5 Å². The summed E-state index contributed by atoms with van der Waals surface area (Å²) in [7, 11) is -2.17. The number of anilines is 6. The van der Waals surface area contributed by atoms with Gasteiger partial charge in [-0.25, -0.2) is 0 Å². The van der Waals surface area contributed by atoms with Gasteiger partial charge in [-0.2, -0.15) is 0 Å². The molecule has 0 atom stereocenters. The highest BCUT2D eigenvalue weighted by Gasteiger charge is 2.36. The average molecular weight is 821 g/mol. The molecule has 0 aromatic heterocycles. The van der Waals surface area contributed by atoms with Crippen LogP contribution in [0.15, 0.2) is 231 Å². The maximum atomic E-state index is 2.54. The first-order valence-electron chi connectivity index (χ1n) is 21.9. The van der Waals surface area contributed by atoms with Crippen molar-refractivity contribution < 1.29 is 0 Å². The Bertz CT molecular complexity index is 3480. The molecule has 11 aromatic rings. The molecule has 0 radical (unpaired) electrons. The van der Waals surface area contributed by atoms with E-state index in [9.17, 15) is 0 Å². The van der Waals surface area contributed by atoms with Gasteiger partial charge in [0.05, 0.1) is 11.4 Å². The average Bonchev–Trinajstić information content (AvgIpc) is 3.34. The van der Waals surface area contributed by atoms with E-state index in [4.69, 9.17) is 0 Å². The van der Waals surface area contributed by atoms with Gasteiger partial charge in [0.1, 0.15) is 8.07 Å². The first-order chi connectivity index (χ1) is 31.0. The van der Waals surface area contributed by atoms with Gasteiger partial charge < -0.3 is 9.80 Å². The fourth-order valence-corrected chi connectivity index (χ4v) is 13.5. The van der Waals surface area contributed by atoms with Gasteiger partial charge in [0.25, 0.3) is 0 Å². The lowest BCUT2D eigenvalue weighted by Crippen LogP contribution is -2.55. The lowest BCUT2D eigenvalue weighted by Gasteiger charge is -2.35. The van der Waals surface area contributed by atoms with Crippen molar-refractivity contribution in [3.05, 3.63) is 231 Å². The molecule has 0 amide bonds. The molecule has 2 nitrogen and oxygen atoms in total. The summed E-state index contributed by atoms with van der Waals surface area (Å²) in [5.41, 5.74) is 12.1. The van der Waals surface area contributed by atoms with Crippen LogP contribution in [0.5, 0.6) is 0 Å². The smallest absolute Gasteiger partial charge is 0.113 e. The first-order valence-corrected chi connectivity index (χ1v) is 24.9. The minimum absolute atomic E-state index is 1.13. The van der Waals surface area contributed by atoms with Gasteiger partial charge in [0.2, 0.25) is 0 Å². The van der Waals surface area contributed by atoms with Gasteiger partial charge >= 0.3 is 0 Å². The molecule has 0 saturated heterocycles. The van der Waals surface area contributed by atoms with Gasteiger partial charge in [0.15, 0.2) is 0 Å². The molecule has 12 rings (SSSR count). The maximum absolute atomic E-state index is 2.54. The second-order valence-electron chi connectivity index (χ2n) is 17.3. The molecule has 0 fully saturated rings. The quantitative estimate of drug-likeness (QED) is 0.117. The van der Waals surface area contributed by atoms with Crippen LogP contribution in [-0.4, -0.2) is 8.07 Å². The summed E-state index contributed by atoms with van der Waals surface area (Å²) in [6.45, 7) is 5.09. The van der Waals surface area contributed by atoms with Crippen LogP contribution >= 0.6 is 0 Å². The summed E-state index contributed by atoms with van der Waals surface area (Å²) in [6.07, 6.45) is 0. The van der Waals surface area contributed by atoms with Crippen molar-refractivity contribution in [3.63, 3.8) is 0 Å². The Morgan fingerprint density at radius 2 is 0.825 bits per heavy atom. The molecule has 298 valence electrons. The van der Waals surface area contributed by atoms with E-state index < -0.39 is 8.07 Å². The van der Waals surface area contributed by atoms with E-state index in [0.717, 1.165) is 22.7 Å². The summed E-state index contributed by atoms with van der Waals surface area (Å²) in [6, 6.07) is 85.0. The van der Waals surface area contributed by atoms with Crippen LogP contribution < -0.4 is 20.2 Å². The molecule has 11 aromatic carbocycles. The summed E-state index contributed by atoms with van der Waals surface area (Å²) in [5, 5.41) is 13.2. The normalized spacial score (nSPS) is 12.7. The van der Waals surface area contributed by atoms with Gasteiger partial charge in [-0.1, -0.05) is 177 Å². The molecule has 0 aliphatic carbocycles. The Labute approximate surface area is 369 Å². The summed E-state index contributed by atoms with van der Waals surface area (Å²) in [5.74, 6) is 0. The van der Waals surface area contributed by atoms with Crippen LogP contribution in [0.2, 0.25) is 13.1 Å². The first kappa shape index (κ1) is 37.1. The van der Waals surface area contributed by atoms with E-state index in [1.165, 1.54) is 87.1 Å². The van der Waals surface area contributed by atoms with Crippen LogP contribution in [-0.2, 0) is 0 Å². The third-order valence-corrected chi connectivity index (χ3v) is 16.9.